The van der Waals surface area contributed by atoms with E-state index in [0.29, 0.717) is 5.96 Å². The van der Waals surface area contributed by atoms with Crippen LogP contribution >= 0.6 is 11.3 Å². The molecule has 4 N–H and O–H groups in total. The van der Waals surface area contributed by atoms with Crippen molar-refractivity contribution in [2.45, 2.75) is 19.4 Å². The molecule has 0 saturated carbocycles. The summed E-state index contributed by atoms with van der Waals surface area (Å²) in [6, 6.07) is 4.43. The lowest BCUT2D eigenvalue weighted by Gasteiger charge is -2.17. The van der Waals surface area contributed by atoms with Crippen molar-refractivity contribution in [1.82, 2.24) is 10.7 Å². The summed E-state index contributed by atoms with van der Waals surface area (Å²) >= 11 is 1.73. The third-order valence-corrected chi connectivity index (χ3v) is 2.95. The largest absolute Gasteiger partial charge is 0.348 e. The number of nitrogens with two attached hydrogens (primary N) is 1. The molecule has 4 nitrogen and oxygen atoms in total. The Labute approximate surface area is 88.2 Å². The van der Waals surface area contributed by atoms with Gasteiger partial charge in [-0.2, -0.15) is 0 Å². The number of rotatable bonds is 3. The van der Waals surface area contributed by atoms with Gasteiger partial charge in [-0.3, -0.25) is 10.4 Å². The van der Waals surface area contributed by atoms with E-state index in [4.69, 9.17) is 5.84 Å². The second-order valence-electron chi connectivity index (χ2n) is 2.84. The van der Waals surface area contributed by atoms with Crippen molar-refractivity contribution in [3.05, 3.63) is 22.4 Å². The number of hydrogen-bond acceptors (Lipinski definition) is 3. The van der Waals surface area contributed by atoms with Crippen molar-refractivity contribution < 1.29 is 0 Å². The lowest BCUT2D eigenvalue weighted by Crippen LogP contribution is -2.42. The molecule has 0 saturated heterocycles. The summed E-state index contributed by atoms with van der Waals surface area (Å²) < 4.78 is 0. The fourth-order valence-electron chi connectivity index (χ4n) is 1.20. The van der Waals surface area contributed by atoms with Crippen molar-refractivity contribution >= 4 is 17.3 Å². The maximum absolute atomic E-state index is 5.30. The van der Waals surface area contributed by atoms with Gasteiger partial charge in [-0.05, 0) is 17.9 Å². The SMILES string of the molecule is CCC(NC(=NC)NN)c1cccs1. The Morgan fingerprint density at radius 1 is 1.71 bits per heavy atom. The molecule has 0 aliphatic heterocycles. The van der Waals surface area contributed by atoms with Gasteiger partial charge in [0.1, 0.15) is 0 Å². The zero-order chi connectivity index (χ0) is 10.4. The van der Waals surface area contributed by atoms with Crippen LogP contribution in [0.3, 0.4) is 0 Å². The van der Waals surface area contributed by atoms with Crippen LogP contribution in [0.15, 0.2) is 22.5 Å². The van der Waals surface area contributed by atoms with E-state index in [0.717, 1.165) is 6.42 Å². The molecule has 1 atom stereocenters. The first-order valence-corrected chi connectivity index (χ1v) is 5.43. The van der Waals surface area contributed by atoms with Crippen LogP contribution in [0.5, 0.6) is 0 Å². The predicted octanol–water partition coefficient (Wildman–Crippen LogP) is 1.24. The topological polar surface area (TPSA) is 62.4 Å². The highest BCUT2D eigenvalue weighted by Crippen LogP contribution is 2.21. The number of guanidine groups is 1. The van der Waals surface area contributed by atoms with Gasteiger partial charge in [0, 0.05) is 11.9 Å². The molecule has 5 heteroatoms. The smallest absolute Gasteiger partial charge is 0.205 e. The van der Waals surface area contributed by atoms with Gasteiger partial charge in [0.25, 0.3) is 0 Å². The highest BCUT2D eigenvalue weighted by atomic mass is 32.1. The monoisotopic (exact) mass is 212 g/mol. The third kappa shape index (κ3) is 2.71. The van der Waals surface area contributed by atoms with E-state index in [1.165, 1.54) is 4.88 Å². The number of hydrazine groups is 1. The van der Waals surface area contributed by atoms with Crippen LogP contribution in [-0.2, 0) is 0 Å². The molecule has 0 aliphatic rings. The minimum Gasteiger partial charge on any atom is -0.348 e. The van der Waals surface area contributed by atoms with E-state index in [-0.39, 0.29) is 6.04 Å². The first-order valence-electron chi connectivity index (χ1n) is 4.55. The Bertz CT molecular complexity index is 281. The quantitative estimate of drug-likeness (QED) is 0.306. The average molecular weight is 212 g/mol. The van der Waals surface area contributed by atoms with Crippen LogP contribution in [0.2, 0.25) is 0 Å². The zero-order valence-electron chi connectivity index (χ0n) is 8.45. The van der Waals surface area contributed by atoms with Gasteiger partial charge in [-0.1, -0.05) is 13.0 Å². The fourth-order valence-corrected chi connectivity index (χ4v) is 2.06. The van der Waals surface area contributed by atoms with Crippen LogP contribution in [0.4, 0.5) is 0 Å². The summed E-state index contributed by atoms with van der Waals surface area (Å²) in [7, 11) is 1.70. The van der Waals surface area contributed by atoms with E-state index >= 15 is 0 Å². The van der Waals surface area contributed by atoms with Crippen LogP contribution in [0.25, 0.3) is 0 Å². The Balaban J connectivity index is 2.64. The summed E-state index contributed by atoms with van der Waals surface area (Å²) in [5, 5.41) is 5.30. The molecule has 1 aromatic heterocycles. The van der Waals surface area contributed by atoms with Gasteiger partial charge in [0.2, 0.25) is 5.96 Å². The lowest BCUT2D eigenvalue weighted by atomic mass is 10.2. The van der Waals surface area contributed by atoms with Gasteiger partial charge in [0.05, 0.1) is 6.04 Å². The highest BCUT2D eigenvalue weighted by Gasteiger charge is 2.10. The molecular weight excluding hydrogens is 196 g/mol. The molecule has 0 radical (unpaired) electrons. The van der Waals surface area contributed by atoms with Gasteiger partial charge < -0.3 is 5.32 Å². The summed E-state index contributed by atoms with van der Waals surface area (Å²) in [4.78, 5) is 5.27. The second-order valence-corrected chi connectivity index (χ2v) is 3.82. The number of aliphatic imine (C=N–C) groups is 1. The molecule has 0 amide bonds. The molecule has 1 heterocycles. The maximum atomic E-state index is 5.30. The number of nitrogens with one attached hydrogen (secondary N) is 2. The molecule has 0 spiro atoms. The molecule has 0 aromatic carbocycles. The van der Waals surface area contributed by atoms with Gasteiger partial charge in [0.15, 0.2) is 0 Å². The molecule has 1 rings (SSSR count). The van der Waals surface area contributed by atoms with E-state index < -0.39 is 0 Å². The summed E-state index contributed by atoms with van der Waals surface area (Å²) in [6.45, 7) is 2.13. The zero-order valence-corrected chi connectivity index (χ0v) is 9.27. The number of thiophene rings is 1. The first kappa shape index (κ1) is 11.0. The van der Waals surface area contributed by atoms with Crippen molar-refractivity contribution in [2.24, 2.45) is 10.8 Å². The van der Waals surface area contributed by atoms with E-state index in [2.05, 4.69) is 34.1 Å². The van der Waals surface area contributed by atoms with Crippen LogP contribution in [0, 0.1) is 0 Å². The lowest BCUT2D eigenvalue weighted by molar-refractivity contribution is 0.621. The molecular formula is C9H16N4S. The van der Waals surface area contributed by atoms with Gasteiger partial charge in [-0.25, -0.2) is 5.84 Å². The molecule has 0 bridgehead atoms. The fraction of sp³-hybridized carbons (Fsp3) is 0.444. The van der Waals surface area contributed by atoms with E-state index in [1.807, 2.05) is 6.07 Å². The van der Waals surface area contributed by atoms with Crippen molar-refractivity contribution in [2.75, 3.05) is 7.05 Å². The third-order valence-electron chi connectivity index (χ3n) is 1.97. The molecule has 78 valence electrons. The molecule has 0 aliphatic carbocycles. The van der Waals surface area contributed by atoms with Gasteiger partial charge in [-0.15, -0.1) is 11.3 Å². The maximum Gasteiger partial charge on any atom is 0.205 e. The first-order chi connectivity index (χ1) is 6.81. The van der Waals surface area contributed by atoms with Crippen LogP contribution in [0.1, 0.15) is 24.3 Å². The standard InChI is InChI=1S/C9H16N4S/c1-3-7(8-5-4-6-14-8)12-9(11-2)13-10/h4-7H,3,10H2,1-2H3,(H2,11,12,13). The Morgan fingerprint density at radius 3 is 2.93 bits per heavy atom. The summed E-state index contributed by atoms with van der Waals surface area (Å²) in [5.41, 5.74) is 2.52. The van der Waals surface area contributed by atoms with Gasteiger partial charge >= 0.3 is 0 Å². The minimum atomic E-state index is 0.282. The Morgan fingerprint density at radius 2 is 2.50 bits per heavy atom. The normalized spacial score (nSPS) is 13.8. The predicted molar refractivity (Wildman–Crippen MR) is 61.2 cm³/mol. The number of nitrogens with zero attached hydrogens (tertiary/aromatic N) is 1. The minimum absolute atomic E-state index is 0.282. The summed E-state index contributed by atoms with van der Waals surface area (Å²) in [5.74, 6) is 5.92. The van der Waals surface area contributed by atoms with Crippen molar-refractivity contribution in [3.8, 4) is 0 Å². The molecule has 1 aromatic rings. The highest BCUT2D eigenvalue weighted by molar-refractivity contribution is 7.10. The van der Waals surface area contributed by atoms with E-state index in [9.17, 15) is 0 Å². The number of hydrogen-bond donors (Lipinski definition) is 3. The molecule has 14 heavy (non-hydrogen) atoms. The van der Waals surface area contributed by atoms with Crippen LogP contribution in [-0.4, -0.2) is 13.0 Å². The Kier molecular flexibility index (Phi) is 4.42. The van der Waals surface area contributed by atoms with Crippen LogP contribution < -0.4 is 16.6 Å². The van der Waals surface area contributed by atoms with Crippen molar-refractivity contribution in [3.63, 3.8) is 0 Å². The molecule has 1 unspecified atom stereocenters. The average Bonchev–Trinajstić information content (AvgIpc) is 2.73. The molecule has 0 fully saturated rings. The summed E-state index contributed by atoms with van der Waals surface area (Å²) in [6.07, 6.45) is 1.00. The van der Waals surface area contributed by atoms with Crippen molar-refractivity contribution in [1.29, 1.82) is 0 Å². The van der Waals surface area contributed by atoms with E-state index in [1.54, 1.807) is 18.4 Å². The second kappa shape index (κ2) is 5.62. The Hall–Kier alpha value is -1.07.